The molecule has 0 radical (unpaired) electrons. The fourth-order valence-electron chi connectivity index (χ4n) is 2.25. The zero-order chi connectivity index (χ0) is 15.8. The number of nitrogens with two attached hydrogens (primary N) is 1. The summed E-state index contributed by atoms with van der Waals surface area (Å²) in [7, 11) is 0. The Labute approximate surface area is 129 Å². The number of furan rings is 1. The highest BCUT2D eigenvalue weighted by Gasteiger charge is 2.21. The lowest BCUT2D eigenvalue weighted by Crippen LogP contribution is -1.99. The van der Waals surface area contributed by atoms with Gasteiger partial charge in [-0.3, -0.25) is 0 Å². The third-order valence-electron chi connectivity index (χ3n) is 3.37. The van der Waals surface area contributed by atoms with Gasteiger partial charge in [0.05, 0.1) is 11.8 Å². The molecule has 0 unspecified atom stereocenters. The predicted molar refractivity (Wildman–Crippen MR) is 78.5 cm³/mol. The van der Waals surface area contributed by atoms with E-state index in [1.807, 2.05) is 18.2 Å². The van der Waals surface area contributed by atoms with E-state index in [0.29, 0.717) is 17.1 Å². The first kappa shape index (κ1) is 13.2. The lowest BCUT2D eigenvalue weighted by atomic mass is 10.0. The van der Waals surface area contributed by atoms with Crippen LogP contribution >= 0.6 is 0 Å². The number of hydrogen-bond acceptors (Lipinski definition) is 8. The molecule has 2 N–H and O–H groups in total. The van der Waals surface area contributed by atoms with Crippen LogP contribution in [-0.2, 0) is 11.3 Å². The van der Waals surface area contributed by atoms with E-state index < -0.39 is 0 Å². The van der Waals surface area contributed by atoms with Crippen LogP contribution in [0, 0.1) is 0 Å². The number of benzene rings is 1. The largest absolute Gasteiger partial charge is 0.457 e. The van der Waals surface area contributed by atoms with E-state index in [1.165, 1.54) is 6.21 Å². The number of carbonyl (C=O) groups is 1. The minimum atomic E-state index is -0.294. The molecule has 4 rings (SSSR count). The molecule has 0 spiro atoms. The molecule has 0 saturated heterocycles. The Hall–Kier alpha value is -3.49. The topological polar surface area (TPSA) is 121 Å². The van der Waals surface area contributed by atoms with E-state index in [9.17, 15) is 4.79 Å². The van der Waals surface area contributed by atoms with Crippen LogP contribution in [0.3, 0.4) is 0 Å². The van der Waals surface area contributed by atoms with Crippen molar-refractivity contribution in [1.82, 2.24) is 20.3 Å². The Morgan fingerprint density at radius 1 is 1.30 bits per heavy atom. The molecule has 2 aromatic heterocycles. The molecule has 114 valence electrons. The average molecular weight is 310 g/mol. The van der Waals surface area contributed by atoms with Crippen LogP contribution < -0.4 is 5.73 Å². The third kappa shape index (κ3) is 2.33. The van der Waals surface area contributed by atoms with Crippen molar-refractivity contribution < 1.29 is 13.9 Å². The molecule has 3 heterocycles. The monoisotopic (exact) mass is 310 g/mol. The minimum absolute atomic E-state index is 0.0799. The SMILES string of the molecule is Nc1nnnn1/N=C\c1ccc(-c2ccc3c(c2)COC3=O)o1. The summed E-state index contributed by atoms with van der Waals surface area (Å²) in [5, 5.41) is 14.5. The first-order chi connectivity index (χ1) is 11.2. The molecule has 23 heavy (non-hydrogen) atoms. The molecular formula is C14H10N6O3. The van der Waals surface area contributed by atoms with Crippen molar-refractivity contribution in [2.45, 2.75) is 6.61 Å². The van der Waals surface area contributed by atoms with Gasteiger partial charge in [-0.05, 0) is 34.7 Å². The molecule has 9 heteroatoms. The molecule has 9 nitrogen and oxygen atoms in total. The Kier molecular flexibility index (Phi) is 2.90. The highest BCUT2D eigenvalue weighted by molar-refractivity contribution is 5.94. The summed E-state index contributed by atoms with van der Waals surface area (Å²) >= 11 is 0. The second kappa shape index (κ2) is 5.05. The minimum Gasteiger partial charge on any atom is -0.457 e. The molecular weight excluding hydrogens is 300 g/mol. The summed E-state index contributed by atoms with van der Waals surface area (Å²) in [5.74, 6) is 0.954. The van der Waals surface area contributed by atoms with Crippen molar-refractivity contribution in [2.24, 2.45) is 5.10 Å². The normalized spacial score (nSPS) is 13.5. The molecule has 0 amide bonds. The van der Waals surface area contributed by atoms with Gasteiger partial charge in [0.2, 0.25) is 0 Å². The number of carbonyl (C=O) groups excluding carboxylic acids is 1. The number of ether oxygens (including phenoxy) is 1. The van der Waals surface area contributed by atoms with E-state index in [2.05, 4.69) is 20.6 Å². The van der Waals surface area contributed by atoms with Crippen molar-refractivity contribution in [1.29, 1.82) is 0 Å². The van der Waals surface area contributed by atoms with Gasteiger partial charge >= 0.3 is 5.97 Å². The van der Waals surface area contributed by atoms with E-state index in [4.69, 9.17) is 14.9 Å². The molecule has 1 aromatic carbocycles. The quantitative estimate of drug-likeness (QED) is 0.567. The molecule has 3 aromatic rings. The van der Waals surface area contributed by atoms with Gasteiger partial charge in [0.25, 0.3) is 5.95 Å². The summed E-state index contributed by atoms with van der Waals surface area (Å²) < 4.78 is 10.7. The van der Waals surface area contributed by atoms with E-state index in [-0.39, 0.29) is 18.5 Å². The Morgan fingerprint density at radius 2 is 2.22 bits per heavy atom. The lowest BCUT2D eigenvalue weighted by molar-refractivity contribution is 0.0535. The number of rotatable bonds is 3. The fraction of sp³-hybridized carbons (Fsp3) is 0.0714. The number of nitrogens with zero attached hydrogens (tertiary/aromatic N) is 5. The first-order valence-corrected chi connectivity index (χ1v) is 6.69. The van der Waals surface area contributed by atoms with Crippen molar-refractivity contribution >= 4 is 18.1 Å². The van der Waals surface area contributed by atoms with Crippen LogP contribution in [0.4, 0.5) is 5.95 Å². The van der Waals surface area contributed by atoms with Gasteiger partial charge in [0.15, 0.2) is 0 Å². The maximum Gasteiger partial charge on any atom is 0.338 e. The van der Waals surface area contributed by atoms with Crippen molar-refractivity contribution in [3.8, 4) is 11.3 Å². The summed E-state index contributed by atoms with van der Waals surface area (Å²) in [6, 6.07) is 8.99. The second-order valence-corrected chi connectivity index (χ2v) is 4.82. The van der Waals surface area contributed by atoms with Crippen LogP contribution in [-0.4, -0.2) is 32.5 Å². The summed E-state index contributed by atoms with van der Waals surface area (Å²) in [4.78, 5) is 12.5. The number of hydrogen-bond donors (Lipinski definition) is 1. The lowest BCUT2D eigenvalue weighted by Gasteiger charge is -1.99. The maximum atomic E-state index is 11.5. The number of nitrogen functional groups attached to an aromatic ring is 1. The number of esters is 1. The number of tetrazole rings is 1. The molecule has 0 bridgehead atoms. The zero-order valence-corrected chi connectivity index (χ0v) is 11.7. The van der Waals surface area contributed by atoms with Gasteiger partial charge in [-0.25, -0.2) is 4.79 Å². The number of aromatic nitrogens is 4. The Bertz CT molecular complexity index is 926. The van der Waals surface area contributed by atoms with E-state index in [1.54, 1.807) is 12.1 Å². The highest BCUT2D eigenvalue weighted by Crippen LogP contribution is 2.28. The molecule has 0 atom stereocenters. The number of cyclic esters (lactones) is 1. The van der Waals surface area contributed by atoms with Crippen LogP contribution in [0.25, 0.3) is 11.3 Å². The van der Waals surface area contributed by atoms with E-state index in [0.717, 1.165) is 15.9 Å². The van der Waals surface area contributed by atoms with Crippen LogP contribution in [0.1, 0.15) is 21.7 Å². The average Bonchev–Trinajstić information content (AvgIpc) is 3.26. The summed E-state index contributed by atoms with van der Waals surface area (Å²) in [6.07, 6.45) is 1.45. The first-order valence-electron chi connectivity index (χ1n) is 6.69. The van der Waals surface area contributed by atoms with E-state index >= 15 is 0 Å². The third-order valence-corrected chi connectivity index (χ3v) is 3.37. The molecule has 1 aliphatic rings. The Balaban J connectivity index is 1.60. The summed E-state index contributed by atoms with van der Waals surface area (Å²) in [6.45, 7) is 0.287. The standard InChI is InChI=1S/C14H10N6O3/c15-14-17-18-19-20(14)16-6-10-2-4-12(23-10)8-1-3-11-9(5-8)7-22-13(11)21/h1-6H,7H2,(H2,15,17,19)/b16-6-. The van der Waals surface area contributed by atoms with Crippen LogP contribution in [0.5, 0.6) is 0 Å². The molecule has 0 aliphatic carbocycles. The van der Waals surface area contributed by atoms with Crippen molar-refractivity contribution in [3.63, 3.8) is 0 Å². The maximum absolute atomic E-state index is 11.5. The van der Waals surface area contributed by atoms with Gasteiger partial charge in [0.1, 0.15) is 18.1 Å². The zero-order valence-electron chi connectivity index (χ0n) is 11.7. The van der Waals surface area contributed by atoms with Crippen LogP contribution in [0.2, 0.25) is 0 Å². The fourth-order valence-corrected chi connectivity index (χ4v) is 2.25. The predicted octanol–water partition coefficient (Wildman–Crippen LogP) is 1.07. The van der Waals surface area contributed by atoms with Crippen molar-refractivity contribution in [3.05, 3.63) is 47.2 Å². The van der Waals surface area contributed by atoms with Crippen LogP contribution in [0.15, 0.2) is 39.9 Å². The second-order valence-electron chi connectivity index (χ2n) is 4.82. The smallest absolute Gasteiger partial charge is 0.338 e. The van der Waals surface area contributed by atoms with Gasteiger partial charge in [-0.1, -0.05) is 16.0 Å². The summed E-state index contributed by atoms with van der Waals surface area (Å²) in [5.41, 5.74) is 7.80. The van der Waals surface area contributed by atoms with Gasteiger partial charge in [0, 0.05) is 11.1 Å². The number of fused-ring (bicyclic) bond motifs is 1. The number of anilines is 1. The van der Waals surface area contributed by atoms with Gasteiger partial charge in [-0.2, -0.15) is 5.10 Å². The van der Waals surface area contributed by atoms with Gasteiger partial charge < -0.3 is 14.9 Å². The van der Waals surface area contributed by atoms with Gasteiger partial charge in [-0.15, -0.1) is 0 Å². The highest BCUT2D eigenvalue weighted by atomic mass is 16.5. The Morgan fingerprint density at radius 3 is 3.04 bits per heavy atom. The molecule has 1 aliphatic heterocycles. The molecule has 0 fully saturated rings. The van der Waals surface area contributed by atoms with Crippen molar-refractivity contribution in [2.75, 3.05) is 5.73 Å². The molecule has 0 saturated carbocycles.